The molecule has 22 heavy (non-hydrogen) atoms. The SMILES string of the molecule is O=C(Cl)c1cnc(Nc2ccn(CC(=O)N3CCCC3)n2)s1. The highest BCUT2D eigenvalue weighted by atomic mass is 35.5. The van der Waals surface area contributed by atoms with Crippen LogP contribution in [0.4, 0.5) is 10.9 Å². The molecule has 2 aromatic rings. The number of likely N-dealkylation sites (tertiary alicyclic amines) is 1. The molecule has 0 spiro atoms. The summed E-state index contributed by atoms with van der Waals surface area (Å²) in [4.78, 5) is 29.3. The van der Waals surface area contributed by atoms with Crippen LogP contribution in [-0.2, 0) is 11.3 Å². The van der Waals surface area contributed by atoms with E-state index in [0.29, 0.717) is 15.8 Å². The fraction of sp³-hybridized carbons (Fsp3) is 0.385. The number of hydrogen-bond donors (Lipinski definition) is 1. The first kappa shape index (κ1) is 15.0. The van der Waals surface area contributed by atoms with Crippen molar-refractivity contribution in [2.45, 2.75) is 19.4 Å². The van der Waals surface area contributed by atoms with Crippen molar-refractivity contribution in [2.24, 2.45) is 0 Å². The first-order valence-corrected chi connectivity index (χ1v) is 8.05. The van der Waals surface area contributed by atoms with Crippen LogP contribution in [0.15, 0.2) is 18.5 Å². The van der Waals surface area contributed by atoms with E-state index in [4.69, 9.17) is 11.6 Å². The molecule has 0 radical (unpaired) electrons. The topological polar surface area (TPSA) is 80.1 Å². The highest BCUT2D eigenvalue weighted by Gasteiger charge is 2.18. The molecule has 1 N–H and O–H groups in total. The lowest BCUT2D eigenvalue weighted by Crippen LogP contribution is -2.31. The molecule has 7 nitrogen and oxygen atoms in total. The minimum absolute atomic E-state index is 0.0800. The summed E-state index contributed by atoms with van der Waals surface area (Å²) in [6.45, 7) is 1.89. The van der Waals surface area contributed by atoms with E-state index < -0.39 is 5.24 Å². The Morgan fingerprint density at radius 2 is 2.14 bits per heavy atom. The molecule has 0 aliphatic carbocycles. The van der Waals surface area contributed by atoms with Crippen molar-refractivity contribution in [3.63, 3.8) is 0 Å². The number of halogens is 1. The number of thiazole rings is 1. The maximum absolute atomic E-state index is 12.0. The van der Waals surface area contributed by atoms with Crippen LogP contribution in [0.3, 0.4) is 0 Å². The van der Waals surface area contributed by atoms with Gasteiger partial charge in [-0.05, 0) is 24.4 Å². The molecule has 1 aliphatic rings. The predicted molar refractivity (Wildman–Crippen MR) is 83.6 cm³/mol. The second-order valence-corrected chi connectivity index (χ2v) is 6.29. The molecule has 9 heteroatoms. The largest absolute Gasteiger partial charge is 0.341 e. The predicted octanol–water partition coefficient (Wildman–Crippen LogP) is 2.08. The van der Waals surface area contributed by atoms with Crippen LogP contribution >= 0.6 is 22.9 Å². The molecule has 0 bridgehead atoms. The molecule has 0 aromatic carbocycles. The number of nitrogens with zero attached hydrogens (tertiary/aromatic N) is 4. The number of rotatable bonds is 5. The lowest BCUT2D eigenvalue weighted by molar-refractivity contribution is -0.130. The van der Waals surface area contributed by atoms with Crippen LogP contribution in [0.2, 0.25) is 0 Å². The molecule has 0 atom stereocenters. The van der Waals surface area contributed by atoms with Crippen LogP contribution in [0.25, 0.3) is 0 Å². The highest BCUT2D eigenvalue weighted by Crippen LogP contribution is 2.22. The van der Waals surface area contributed by atoms with Gasteiger partial charge in [0, 0.05) is 25.4 Å². The zero-order valence-electron chi connectivity index (χ0n) is 11.7. The second-order valence-electron chi connectivity index (χ2n) is 4.91. The summed E-state index contributed by atoms with van der Waals surface area (Å²) < 4.78 is 1.59. The van der Waals surface area contributed by atoms with Crippen LogP contribution < -0.4 is 5.32 Å². The number of carbonyl (C=O) groups excluding carboxylic acids is 2. The van der Waals surface area contributed by atoms with Crippen molar-refractivity contribution in [1.29, 1.82) is 0 Å². The number of nitrogens with one attached hydrogen (secondary N) is 1. The molecule has 0 unspecified atom stereocenters. The third-order valence-electron chi connectivity index (χ3n) is 3.33. The first-order chi connectivity index (χ1) is 10.6. The summed E-state index contributed by atoms with van der Waals surface area (Å²) in [5, 5.41) is 7.25. The van der Waals surface area contributed by atoms with Gasteiger partial charge in [0.15, 0.2) is 10.9 Å². The van der Waals surface area contributed by atoms with Gasteiger partial charge in [0.1, 0.15) is 11.4 Å². The van der Waals surface area contributed by atoms with Gasteiger partial charge < -0.3 is 10.2 Å². The van der Waals surface area contributed by atoms with Crippen molar-refractivity contribution >= 4 is 45.0 Å². The van der Waals surface area contributed by atoms with E-state index in [-0.39, 0.29) is 12.5 Å². The maximum atomic E-state index is 12.0. The van der Waals surface area contributed by atoms with E-state index in [1.165, 1.54) is 6.20 Å². The molecule has 1 aliphatic heterocycles. The van der Waals surface area contributed by atoms with Gasteiger partial charge in [0.25, 0.3) is 5.24 Å². The number of carbonyl (C=O) groups is 2. The highest BCUT2D eigenvalue weighted by molar-refractivity contribution is 7.19. The smallest absolute Gasteiger partial charge is 0.264 e. The Kier molecular flexibility index (Phi) is 4.39. The number of hydrogen-bond acceptors (Lipinski definition) is 6. The molecule has 1 saturated heterocycles. The normalized spacial score (nSPS) is 14.3. The van der Waals surface area contributed by atoms with E-state index in [1.54, 1.807) is 16.9 Å². The third kappa shape index (κ3) is 3.45. The minimum atomic E-state index is -0.535. The molecule has 1 fully saturated rings. The van der Waals surface area contributed by atoms with E-state index in [2.05, 4.69) is 15.4 Å². The molecular formula is C13H14ClN5O2S. The molecular weight excluding hydrogens is 326 g/mol. The summed E-state index contributed by atoms with van der Waals surface area (Å²) in [6.07, 6.45) is 5.29. The Labute approximate surface area is 135 Å². The van der Waals surface area contributed by atoms with Gasteiger partial charge in [-0.2, -0.15) is 5.10 Å². The van der Waals surface area contributed by atoms with E-state index >= 15 is 0 Å². The van der Waals surface area contributed by atoms with Gasteiger partial charge in [-0.25, -0.2) is 4.98 Å². The Hall–Kier alpha value is -1.93. The minimum Gasteiger partial charge on any atom is -0.341 e. The average molecular weight is 340 g/mol. The van der Waals surface area contributed by atoms with E-state index in [0.717, 1.165) is 37.3 Å². The first-order valence-electron chi connectivity index (χ1n) is 6.86. The van der Waals surface area contributed by atoms with Gasteiger partial charge in [-0.1, -0.05) is 11.3 Å². The Balaban J connectivity index is 1.60. The Morgan fingerprint density at radius 1 is 1.36 bits per heavy atom. The van der Waals surface area contributed by atoms with Crippen molar-refractivity contribution in [1.82, 2.24) is 19.7 Å². The quantitative estimate of drug-likeness (QED) is 0.844. The second kappa shape index (κ2) is 6.45. The fourth-order valence-electron chi connectivity index (χ4n) is 2.25. The van der Waals surface area contributed by atoms with Gasteiger partial charge in [0.05, 0.1) is 6.20 Å². The summed E-state index contributed by atoms with van der Waals surface area (Å²) in [5.74, 6) is 0.647. The van der Waals surface area contributed by atoms with Crippen LogP contribution in [-0.4, -0.2) is 43.9 Å². The van der Waals surface area contributed by atoms with Crippen LogP contribution in [0.1, 0.15) is 22.5 Å². The van der Waals surface area contributed by atoms with Crippen LogP contribution in [0, 0.1) is 0 Å². The fourth-order valence-corrected chi connectivity index (χ4v) is 3.07. The zero-order chi connectivity index (χ0) is 15.5. The van der Waals surface area contributed by atoms with E-state index in [1.807, 2.05) is 4.90 Å². The maximum Gasteiger partial charge on any atom is 0.264 e. The number of aromatic nitrogens is 3. The Morgan fingerprint density at radius 3 is 2.82 bits per heavy atom. The lowest BCUT2D eigenvalue weighted by atomic mass is 10.4. The summed E-state index contributed by atoms with van der Waals surface area (Å²) in [6, 6.07) is 1.75. The molecule has 0 saturated carbocycles. The van der Waals surface area contributed by atoms with Gasteiger partial charge in [0.2, 0.25) is 5.91 Å². The Bertz CT molecular complexity index is 692. The van der Waals surface area contributed by atoms with Gasteiger partial charge in [-0.15, -0.1) is 0 Å². The van der Waals surface area contributed by atoms with Crippen molar-refractivity contribution in [3.05, 3.63) is 23.3 Å². The molecule has 3 heterocycles. The van der Waals surface area contributed by atoms with Crippen molar-refractivity contribution in [3.8, 4) is 0 Å². The monoisotopic (exact) mass is 339 g/mol. The molecule has 3 rings (SSSR count). The third-order valence-corrected chi connectivity index (χ3v) is 4.56. The summed E-state index contributed by atoms with van der Waals surface area (Å²) >= 11 is 6.54. The van der Waals surface area contributed by atoms with E-state index in [9.17, 15) is 9.59 Å². The van der Waals surface area contributed by atoms with Crippen molar-refractivity contribution in [2.75, 3.05) is 18.4 Å². The standard InChI is InChI=1S/C13H14ClN5O2S/c14-12(21)9-7-15-13(22-9)16-10-3-6-19(17-10)8-11(20)18-4-1-2-5-18/h3,6-7H,1-2,4-5,8H2,(H,15,16,17). The molecule has 2 aromatic heterocycles. The number of amides is 1. The lowest BCUT2D eigenvalue weighted by Gasteiger charge is -2.14. The van der Waals surface area contributed by atoms with Crippen LogP contribution in [0.5, 0.6) is 0 Å². The zero-order valence-corrected chi connectivity index (χ0v) is 13.2. The summed E-state index contributed by atoms with van der Waals surface area (Å²) in [7, 11) is 0. The molecule has 1 amide bonds. The van der Waals surface area contributed by atoms with Gasteiger partial charge in [-0.3, -0.25) is 14.3 Å². The summed E-state index contributed by atoms with van der Waals surface area (Å²) in [5.41, 5.74) is 0. The average Bonchev–Trinajstić information content (AvgIpc) is 3.19. The van der Waals surface area contributed by atoms with Crippen molar-refractivity contribution < 1.29 is 9.59 Å². The van der Waals surface area contributed by atoms with Gasteiger partial charge >= 0.3 is 0 Å². The molecule has 116 valence electrons. The number of anilines is 2.